The number of halogens is 1. The molecule has 0 radical (unpaired) electrons. The van der Waals surface area contributed by atoms with Crippen molar-refractivity contribution in [3.05, 3.63) is 59.1 Å². The van der Waals surface area contributed by atoms with E-state index in [1.807, 2.05) is 41.7 Å². The number of piperazine rings is 1. The van der Waals surface area contributed by atoms with Gasteiger partial charge in [-0.25, -0.2) is 8.42 Å². The SMILES string of the molecule is O=C(COc1ccccc1C1SCCS1)N1CCN(S(=O)(=O)c2ccc(Cl)cc2)CC1. The Kier molecular flexibility index (Phi) is 7.38. The van der Waals surface area contributed by atoms with Crippen molar-refractivity contribution in [2.24, 2.45) is 0 Å². The molecule has 0 atom stereocenters. The summed E-state index contributed by atoms with van der Waals surface area (Å²) in [5, 5.41) is 0.487. The van der Waals surface area contributed by atoms with Crippen molar-refractivity contribution >= 4 is 51.1 Å². The molecule has 0 saturated carbocycles. The van der Waals surface area contributed by atoms with Crippen LogP contribution in [0.2, 0.25) is 5.02 Å². The molecule has 2 aliphatic heterocycles. The minimum absolute atomic E-state index is 0.0526. The Labute approximate surface area is 196 Å². The van der Waals surface area contributed by atoms with Gasteiger partial charge in [-0.1, -0.05) is 29.8 Å². The van der Waals surface area contributed by atoms with E-state index in [0.29, 0.717) is 22.7 Å². The standard InChI is InChI=1S/C21H23ClN2O4S3/c22-16-5-7-17(8-6-16)31(26,27)24-11-9-23(10-12-24)20(25)15-28-19-4-2-1-3-18(19)21-29-13-14-30-21/h1-8,21H,9-15H2. The molecule has 0 spiro atoms. The molecule has 0 N–H and O–H groups in total. The highest BCUT2D eigenvalue weighted by Gasteiger charge is 2.30. The number of hydrogen-bond donors (Lipinski definition) is 0. The first kappa shape index (κ1) is 22.8. The summed E-state index contributed by atoms with van der Waals surface area (Å²) in [7, 11) is -3.60. The highest BCUT2D eigenvalue weighted by Crippen LogP contribution is 2.48. The van der Waals surface area contributed by atoms with Gasteiger partial charge in [0.2, 0.25) is 10.0 Å². The van der Waals surface area contributed by atoms with Crippen LogP contribution in [0.25, 0.3) is 0 Å². The molecule has 0 bridgehead atoms. The number of thioether (sulfide) groups is 2. The third-order valence-corrected chi connectivity index (χ3v) is 10.4. The molecular weight excluding hydrogens is 476 g/mol. The average Bonchev–Trinajstić information content (AvgIpc) is 3.33. The molecule has 4 rings (SSSR count). The van der Waals surface area contributed by atoms with Crippen LogP contribution in [0.4, 0.5) is 0 Å². The summed E-state index contributed by atoms with van der Waals surface area (Å²) >= 11 is 9.64. The molecular formula is C21H23ClN2O4S3. The quantitative estimate of drug-likeness (QED) is 0.604. The molecule has 10 heteroatoms. The predicted octanol–water partition coefficient (Wildman–Crippen LogP) is 3.73. The van der Waals surface area contributed by atoms with Gasteiger partial charge >= 0.3 is 0 Å². The lowest BCUT2D eigenvalue weighted by Crippen LogP contribution is -2.51. The van der Waals surface area contributed by atoms with Gasteiger partial charge in [-0.05, 0) is 30.3 Å². The van der Waals surface area contributed by atoms with E-state index < -0.39 is 10.0 Å². The molecule has 2 aromatic carbocycles. The largest absolute Gasteiger partial charge is 0.483 e. The van der Waals surface area contributed by atoms with Crippen molar-refractivity contribution in [3.63, 3.8) is 0 Å². The zero-order valence-electron chi connectivity index (χ0n) is 16.8. The highest BCUT2D eigenvalue weighted by atomic mass is 35.5. The second-order valence-corrected chi connectivity index (χ2v) is 12.2. The number of carbonyl (C=O) groups excluding carboxylic acids is 1. The maximum Gasteiger partial charge on any atom is 0.260 e. The van der Waals surface area contributed by atoms with Gasteiger partial charge in [0.25, 0.3) is 5.91 Å². The minimum atomic E-state index is -3.60. The number of para-hydroxylation sites is 1. The first-order chi connectivity index (χ1) is 14.9. The van der Waals surface area contributed by atoms with E-state index in [2.05, 4.69) is 6.07 Å². The normalized spacial score (nSPS) is 18.3. The van der Waals surface area contributed by atoms with Crippen molar-refractivity contribution < 1.29 is 17.9 Å². The van der Waals surface area contributed by atoms with Gasteiger partial charge in [-0.2, -0.15) is 4.31 Å². The summed E-state index contributed by atoms with van der Waals surface area (Å²) in [6, 6.07) is 14.0. The minimum Gasteiger partial charge on any atom is -0.483 e. The fraction of sp³-hybridized carbons (Fsp3) is 0.381. The van der Waals surface area contributed by atoms with Gasteiger partial charge in [-0.15, -0.1) is 23.5 Å². The van der Waals surface area contributed by atoms with Crippen LogP contribution >= 0.6 is 35.1 Å². The molecule has 0 unspecified atom stereocenters. The smallest absolute Gasteiger partial charge is 0.260 e. The van der Waals surface area contributed by atoms with Crippen LogP contribution < -0.4 is 4.74 Å². The number of carbonyl (C=O) groups is 1. The summed E-state index contributed by atoms with van der Waals surface area (Å²) in [6.07, 6.45) is 0. The second kappa shape index (κ2) is 10.0. The molecule has 2 heterocycles. The van der Waals surface area contributed by atoms with Crippen LogP contribution in [0.3, 0.4) is 0 Å². The van der Waals surface area contributed by atoms with Crippen molar-refractivity contribution in [3.8, 4) is 5.75 Å². The molecule has 31 heavy (non-hydrogen) atoms. The summed E-state index contributed by atoms with van der Waals surface area (Å²) < 4.78 is 33.2. The molecule has 2 aliphatic rings. The van der Waals surface area contributed by atoms with Gasteiger partial charge in [0.05, 0.1) is 9.48 Å². The molecule has 6 nitrogen and oxygen atoms in total. The van der Waals surface area contributed by atoms with Crippen molar-refractivity contribution in [2.75, 3.05) is 44.3 Å². The summed E-state index contributed by atoms with van der Waals surface area (Å²) in [5.74, 6) is 2.84. The van der Waals surface area contributed by atoms with Crippen LogP contribution in [0.5, 0.6) is 5.75 Å². The maximum absolute atomic E-state index is 12.8. The number of ether oxygens (including phenoxy) is 1. The van der Waals surface area contributed by atoms with Crippen LogP contribution in [0, 0.1) is 0 Å². The maximum atomic E-state index is 12.8. The van der Waals surface area contributed by atoms with Crippen LogP contribution in [-0.4, -0.2) is 67.8 Å². The monoisotopic (exact) mass is 498 g/mol. The van der Waals surface area contributed by atoms with Crippen molar-refractivity contribution in [2.45, 2.75) is 9.48 Å². The Balaban J connectivity index is 1.32. The number of rotatable bonds is 6. The Morgan fingerprint density at radius 3 is 2.32 bits per heavy atom. The average molecular weight is 499 g/mol. The fourth-order valence-corrected chi connectivity index (χ4v) is 7.97. The fourth-order valence-electron chi connectivity index (χ4n) is 3.51. The third kappa shape index (κ3) is 5.34. The van der Waals surface area contributed by atoms with E-state index in [0.717, 1.165) is 22.8 Å². The van der Waals surface area contributed by atoms with Crippen LogP contribution in [0.15, 0.2) is 53.4 Å². The summed E-state index contributed by atoms with van der Waals surface area (Å²) in [5.41, 5.74) is 1.11. The topological polar surface area (TPSA) is 66.9 Å². The zero-order valence-corrected chi connectivity index (χ0v) is 20.0. The van der Waals surface area contributed by atoms with E-state index in [1.165, 1.54) is 16.4 Å². The van der Waals surface area contributed by atoms with E-state index in [4.69, 9.17) is 16.3 Å². The van der Waals surface area contributed by atoms with Gasteiger partial charge in [-0.3, -0.25) is 4.79 Å². The lowest BCUT2D eigenvalue weighted by Gasteiger charge is -2.34. The number of sulfonamides is 1. The first-order valence-electron chi connectivity index (χ1n) is 9.93. The van der Waals surface area contributed by atoms with Crippen LogP contribution in [0.1, 0.15) is 10.1 Å². The summed E-state index contributed by atoms with van der Waals surface area (Å²) in [6.45, 7) is 1.13. The van der Waals surface area contributed by atoms with Crippen molar-refractivity contribution in [1.82, 2.24) is 9.21 Å². The van der Waals surface area contributed by atoms with Gasteiger partial charge in [0, 0.05) is 48.3 Å². The number of amides is 1. The Morgan fingerprint density at radius 2 is 1.65 bits per heavy atom. The zero-order chi connectivity index (χ0) is 21.8. The first-order valence-corrected chi connectivity index (χ1v) is 13.8. The Hall–Kier alpha value is -1.39. The molecule has 0 aromatic heterocycles. The van der Waals surface area contributed by atoms with E-state index in [-0.39, 0.29) is 30.5 Å². The summed E-state index contributed by atoms with van der Waals surface area (Å²) in [4.78, 5) is 14.5. The number of hydrogen-bond acceptors (Lipinski definition) is 6. The molecule has 0 aliphatic carbocycles. The number of benzene rings is 2. The van der Waals surface area contributed by atoms with Crippen LogP contribution in [-0.2, 0) is 14.8 Å². The van der Waals surface area contributed by atoms with Gasteiger partial charge < -0.3 is 9.64 Å². The molecule has 2 aromatic rings. The highest BCUT2D eigenvalue weighted by molar-refractivity contribution is 8.19. The van der Waals surface area contributed by atoms with E-state index in [9.17, 15) is 13.2 Å². The van der Waals surface area contributed by atoms with Crippen molar-refractivity contribution in [1.29, 1.82) is 0 Å². The Morgan fingerprint density at radius 1 is 1.00 bits per heavy atom. The Bertz CT molecular complexity index is 1020. The molecule has 2 fully saturated rings. The molecule has 1 amide bonds. The van der Waals surface area contributed by atoms with E-state index in [1.54, 1.807) is 17.0 Å². The third-order valence-electron chi connectivity index (χ3n) is 5.19. The van der Waals surface area contributed by atoms with E-state index >= 15 is 0 Å². The second-order valence-electron chi connectivity index (χ2n) is 7.14. The number of nitrogens with zero attached hydrogens (tertiary/aromatic N) is 2. The van der Waals surface area contributed by atoms with Gasteiger partial charge in [0.1, 0.15) is 5.75 Å². The lowest BCUT2D eigenvalue weighted by atomic mass is 10.2. The predicted molar refractivity (Wildman–Crippen MR) is 126 cm³/mol. The lowest BCUT2D eigenvalue weighted by molar-refractivity contribution is -0.134. The molecule has 2 saturated heterocycles. The van der Waals surface area contributed by atoms with Gasteiger partial charge in [0.15, 0.2) is 6.61 Å². The molecule has 166 valence electrons.